The summed E-state index contributed by atoms with van der Waals surface area (Å²) in [6.07, 6.45) is 0. The number of halogens is 1. The molecule has 0 saturated carbocycles. The van der Waals surface area contributed by atoms with Crippen LogP contribution in [0.3, 0.4) is 0 Å². The Kier molecular flexibility index (Phi) is 4.91. The van der Waals surface area contributed by atoms with E-state index in [1.165, 1.54) is 0 Å². The van der Waals surface area contributed by atoms with E-state index in [2.05, 4.69) is 15.3 Å². The number of para-hydroxylation sites is 1. The number of anilines is 1. The number of aromatic nitrogens is 2. The van der Waals surface area contributed by atoms with Crippen LogP contribution < -0.4 is 17.7 Å². The lowest BCUT2D eigenvalue weighted by molar-refractivity contribution is -0.134. The van der Waals surface area contributed by atoms with Gasteiger partial charge in [0.25, 0.3) is 0 Å². The van der Waals surface area contributed by atoms with Crippen LogP contribution in [0.1, 0.15) is 0 Å². The zero-order chi connectivity index (χ0) is 14.7. The number of nitrogens with one attached hydrogen (secondary N) is 1. The summed E-state index contributed by atoms with van der Waals surface area (Å²) in [5, 5.41) is 12.5. The Morgan fingerprint density at radius 3 is 2.41 bits per heavy atom. The van der Waals surface area contributed by atoms with Gasteiger partial charge in [0.05, 0.1) is 5.52 Å². The van der Waals surface area contributed by atoms with Gasteiger partial charge < -0.3 is 22.8 Å². The Balaban J connectivity index is 0.00000176. The van der Waals surface area contributed by atoms with Crippen molar-refractivity contribution in [1.29, 1.82) is 0 Å². The van der Waals surface area contributed by atoms with Crippen LogP contribution in [0.4, 0.5) is 5.82 Å². The third-order valence-corrected chi connectivity index (χ3v) is 3.04. The van der Waals surface area contributed by atoms with Crippen LogP contribution in [0.25, 0.3) is 22.3 Å². The second-order valence-corrected chi connectivity index (χ2v) is 4.53. The average Bonchev–Trinajstić information content (AvgIpc) is 2.53. The van der Waals surface area contributed by atoms with E-state index in [0.717, 1.165) is 16.5 Å². The first-order valence-corrected chi connectivity index (χ1v) is 6.52. The fraction of sp³-hybridized carbons (Fsp3) is 0.0625. The van der Waals surface area contributed by atoms with E-state index < -0.39 is 5.97 Å². The van der Waals surface area contributed by atoms with Gasteiger partial charge in [0.2, 0.25) is 0 Å². The van der Waals surface area contributed by atoms with Gasteiger partial charge >= 0.3 is 5.97 Å². The summed E-state index contributed by atoms with van der Waals surface area (Å²) in [4.78, 5) is 19.7. The van der Waals surface area contributed by atoms with Crippen LogP contribution in [0.2, 0.25) is 0 Å². The van der Waals surface area contributed by atoms with Crippen molar-refractivity contribution in [3.8, 4) is 11.4 Å². The highest BCUT2D eigenvalue weighted by atomic mass is 35.5. The number of hydrogen-bond donors (Lipinski definition) is 2. The Labute approximate surface area is 133 Å². The van der Waals surface area contributed by atoms with Crippen LogP contribution in [0.15, 0.2) is 54.6 Å². The molecule has 0 atom stereocenters. The minimum Gasteiger partial charge on any atom is -1.00 e. The molecule has 6 heteroatoms. The third kappa shape index (κ3) is 3.32. The molecule has 0 saturated heterocycles. The summed E-state index contributed by atoms with van der Waals surface area (Å²) in [6.45, 7) is -0.185. The van der Waals surface area contributed by atoms with Gasteiger partial charge in [-0.1, -0.05) is 42.5 Å². The number of carboxylic acids is 1. The van der Waals surface area contributed by atoms with Crippen molar-refractivity contribution < 1.29 is 22.3 Å². The van der Waals surface area contributed by atoms with Crippen molar-refractivity contribution >= 4 is 22.7 Å². The number of fused-ring (bicyclic) bond motifs is 1. The van der Waals surface area contributed by atoms with Gasteiger partial charge in [0.15, 0.2) is 5.82 Å². The second kappa shape index (κ2) is 6.87. The lowest BCUT2D eigenvalue weighted by Crippen LogP contribution is -3.00. The highest BCUT2D eigenvalue weighted by molar-refractivity contribution is 5.91. The SMILES string of the molecule is O=C(O)CNc1nc(-c2ccccc2)nc2ccccc12.[Cl-]. The maximum absolute atomic E-state index is 10.8. The summed E-state index contributed by atoms with van der Waals surface area (Å²) < 4.78 is 0. The van der Waals surface area contributed by atoms with E-state index in [1.807, 2.05) is 54.6 Å². The lowest BCUT2D eigenvalue weighted by atomic mass is 10.2. The van der Waals surface area contributed by atoms with Gasteiger partial charge in [-0.25, -0.2) is 9.97 Å². The van der Waals surface area contributed by atoms with Gasteiger partial charge in [0, 0.05) is 10.9 Å². The highest BCUT2D eigenvalue weighted by Gasteiger charge is 2.09. The maximum Gasteiger partial charge on any atom is 0.322 e. The number of benzene rings is 2. The van der Waals surface area contributed by atoms with Crippen molar-refractivity contribution in [2.45, 2.75) is 0 Å². The molecule has 0 fully saturated rings. The molecule has 0 spiro atoms. The Morgan fingerprint density at radius 2 is 1.68 bits per heavy atom. The normalized spacial score (nSPS) is 10.0. The minimum absolute atomic E-state index is 0. The molecule has 3 rings (SSSR count). The van der Waals surface area contributed by atoms with E-state index in [-0.39, 0.29) is 19.0 Å². The molecule has 22 heavy (non-hydrogen) atoms. The molecule has 3 aromatic rings. The monoisotopic (exact) mass is 314 g/mol. The molecule has 0 aliphatic carbocycles. The fourth-order valence-corrected chi connectivity index (χ4v) is 2.09. The average molecular weight is 315 g/mol. The second-order valence-electron chi connectivity index (χ2n) is 4.53. The number of aliphatic carboxylic acids is 1. The Bertz CT molecular complexity index is 794. The van der Waals surface area contributed by atoms with Crippen molar-refractivity contribution in [1.82, 2.24) is 9.97 Å². The summed E-state index contributed by atoms with van der Waals surface area (Å²) in [5.74, 6) is 0.169. The van der Waals surface area contributed by atoms with Gasteiger partial charge in [-0.3, -0.25) is 4.79 Å². The number of carbonyl (C=O) groups is 1. The van der Waals surface area contributed by atoms with Crippen LogP contribution in [0, 0.1) is 0 Å². The molecule has 0 aliphatic heterocycles. The van der Waals surface area contributed by atoms with E-state index in [0.29, 0.717) is 11.6 Å². The largest absolute Gasteiger partial charge is 1.00 e. The molecule has 2 N–H and O–H groups in total. The molecule has 0 bridgehead atoms. The number of nitrogens with zero attached hydrogens (tertiary/aromatic N) is 2. The molecular weight excluding hydrogens is 302 g/mol. The smallest absolute Gasteiger partial charge is 0.322 e. The topological polar surface area (TPSA) is 75.1 Å². The van der Waals surface area contributed by atoms with Crippen LogP contribution in [-0.4, -0.2) is 27.6 Å². The maximum atomic E-state index is 10.8. The van der Waals surface area contributed by atoms with E-state index in [9.17, 15) is 4.79 Å². The molecule has 0 unspecified atom stereocenters. The predicted octanol–water partition coefficient (Wildman–Crippen LogP) is -0.203. The zero-order valence-electron chi connectivity index (χ0n) is 11.5. The number of rotatable bonds is 4. The first-order chi connectivity index (χ1) is 10.2. The van der Waals surface area contributed by atoms with Crippen molar-refractivity contribution in [3.05, 3.63) is 54.6 Å². The summed E-state index contributed by atoms with van der Waals surface area (Å²) in [5.41, 5.74) is 1.67. The highest BCUT2D eigenvalue weighted by Crippen LogP contribution is 2.24. The Hall–Kier alpha value is -2.66. The molecule has 1 heterocycles. The quantitative estimate of drug-likeness (QED) is 0.697. The standard InChI is InChI=1S/C16H13N3O2.ClH/c20-14(21)10-17-16-12-8-4-5-9-13(12)18-15(19-16)11-6-2-1-3-7-11;/h1-9H,10H2,(H,20,21)(H,17,18,19);1H/p-1. The summed E-state index contributed by atoms with van der Waals surface area (Å²) in [7, 11) is 0. The zero-order valence-corrected chi connectivity index (χ0v) is 12.3. The molecular formula is C16H13ClN3O2-. The Morgan fingerprint density at radius 1 is 1.00 bits per heavy atom. The number of hydrogen-bond acceptors (Lipinski definition) is 4. The molecule has 0 amide bonds. The van der Waals surface area contributed by atoms with Gasteiger partial charge in [-0.15, -0.1) is 0 Å². The molecule has 1 aromatic heterocycles. The van der Waals surface area contributed by atoms with Crippen LogP contribution in [-0.2, 0) is 4.79 Å². The molecule has 2 aromatic carbocycles. The van der Waals surface area contributed by atoms with E-state index in [1.54, 1.807) is 0 Å². The van der Waals surface area contributed by atoms with Gasteiger partial charge in [-0.2, -0.15) is 0 Å². The third-order valence-electron chi connectivity index (χ3n) is 3.04. The van der Waals surface area contributed by atoms with Gasteiger partial charge in [0.1, 0.15) is 12.4 Å². The van der Waals surface area contributed by atoms with Crippen molar-refractivity contribution in [2.75, 3.05) is 11.9 Å². The van der Waals surface area contributed by atoms with E-state index in [4.69, 9.17) is 5.11 Å². The minimum atomic E-state index is -0.932. The van der Waals surface area contributed by atoms with Crippen LogP contribution >= 0.6 is 0 Å². The summed E-state index contributed by atoms with van der Waals surface area (Å²) in [6, 6.07) is 17.1. The molecule has 0 radical (unpaired) electrons. The fourth-order valence-electron chi connectivity index (χ4n) is 2.09. The summed E-state index contributed by atoms with van der Waals surface area (Å²) >= 11 is 0. The number of carboxylic acid groups (broad SMARTS) is 1. The predicted molar refractivity (Wildman–Crippen MR) is 81.1 cm³/mol. The molecule has 5 nitrogen and oxygen atoms in total. The van der Waals surface area contributed by atoms with Crippen molar-refractivity contribution in [3.63, 3.8) is 0 Å². The molecule has 0 aliphatic rings. The lowest BCUT2D eigenvalue weighted by Gasteiger charge is -2.09. The molecule has 112 valence electrons. The first kappa shape index (κ1) is 15.7. The van der Waals surface area contributed by atoms with Crippen LogP contribution in [0.5, 0.6) is 0 Å². The van der Waals surface area contributed by atoms with Crippen molar-refractivity contribution in [2.24, 2.45) is 0 Å². The van der Waals surface area contributed by atoms with Gasteiger partial charge in [-0.05, 0) is 12.1 Å². The first-order valence-electron chi connectivity index (χ1n) is 6.52. The van der Waals surface area contributed by atoms with E-state index >= 15 is 0 Å².